The average molecular weight is 290 g/mol. The highest BCUT2D eigenvalue weighted by molar-refractivity contribution is 6.02. The van der Waals surface area contributed by atoms with Crippen molar-refractivity contribution in [2.24, 2.45) is 11.7 Å². The first-order valence-electron chi connectivity index (χ1n) is 7.33. The van der Waals surface area contributed by atoms with Crippen molar-refractivity contribution in [3.63, 3.8) is 0 Å². The van der Waals surface area contributed by atoms with Crippen molar-refractivity contribution >= 4 is 11.6 Å². The molecule has 1 aromatic carbocycles. The van der Waals surface area contributed by atoms with Gasteiger partial charge in [0.1, 0.15) is 12.5 Å². The third-order valence-electron chi connectivity index (χ3n) is 4.17. The molecule has 2 aliphatic rings. The van der Waals surface area contributed by atoms with E-state index < -0.39 is 5.60 Å². The second-order valence-electron chi connectivity index (χ2n) is 6.35. The molecule has 5 nitrogen and oxygen atoms in total. The van der Waals surface area contributed by atoms with Gasteiger partial charge in [0.05, 0.1) is 5.69 Å². The fourth-order valence-corrected chi connectivity index (χ4v) is 2.78. The molecular weight excluding hydrogens is 268 g/mol. The predicted molar refractivity (Wildman–Crippen MR) is 80.2 cm³/mol. The maximum atomic E-state index is 12.5. The number of methoxy groups -OCH3 is 1. The van der Waals surface area contributed by atoms with Crippen molar-refractivity contribution in [2.45, 2.75) is 38.3 Å². The van der Waals surface area contributed by atoms with Crippen molar-refractivity contribution in [3.05, 3.63) is 23.8 Å². The Morgan fingerprint density at radius 1 is 1.48 bits per heavy atom. The fraction of sp³-hybridized carbons (Fsp3) is 0.562. The summed E-state index contributed by atoms with van der Waals surface area (Å²) >= 11 is 0. The lowest BCUT2D eigenvalue weighted by Gasteiger charge is -2.38. The number of rotatable bonds is 4. The van der Waals surface area contributed by atoms with Crippen molar-refractivity contribution in [2.75, 3.05) is 18.7 Å². The molecule has 1 heterocycles. The standard InChI is InChI=1S/C16H22N2O3/c1-16(2)15(19)18(9-20-3)12-8-11(6-7-13(12)21-16)14(17)10-4-5-10/h6-8,10,14H,4-5,9,17H2,1-3H3. The van der Waals surface area contributed by atoms with Crippen LogP contribution in [-0.4, -0.2) is 25.3 Å². The summed E-state index contributed by atoms with van der Waals surface area (Å²) in [7, 11) is 1.58. The molecule has 3 rings (SSSR count). The minimum absolute atomic E-state index is 0.0322. The summed E-state index contributed by atoms with van der Waals surface area (Å²) in [4.78, 5) is 14.1. The van der Waals surface area contributed by atoms with Crippen LogP contribution in [0.15, 0.2) is 18.2 Å². The molecule has 21 heavy (non-hydrogen) atoms. The van der Waals surface area contributed by atoms with E-state index in [0.717, 1.165) is 11.3 Å². The highest BCUT2D eigenvalue weighted by Crippen LogP contribution is 2.43. The maximum Gasteiger partial charge on any atom is 0.272 e. The van der Waals surface area contributed by atoms with Gasteiger partial charge in [-0.2, -0.15) is 0 Å². The van der Waals surface area contributed by atoms with Crippen LogP contribution in [0.25, 0.3) is 0 Å². The Hall–Kier alpha value is -1.59. The Bertz CT molecular complexity index is 567. The van der Waals surface area contributed by atoms with E-state index >= 15 is 0 Å². The van der Waals surface area contributed by atoms with Crippen LogP contribution in [0.4, 0.5) is 5.69 Å². The lowest BCUT2D eigenvalue weighted by molar-refractivity contribution is -0.133. The van der Waals surface area contributed by atoms with E-state index in [0.29, 0.717) is 11.7 Å². The molecule has 5 heteroatoms. The first-order chi connectivity index (χ1) is 9.94. The molecule has 114 valence electrons. The van der Waals surface area contributed by atoms with Crippen LogP contribution in [0.5, 0.6) is 5.75 Å². The van der Waals surface area contributed by atoms with Crippen LogP contribution < -0.4 is 15.4 Å². The van der Waals surface area contributed by atoms with Gasteiger partial charge in [-0.3, -0.25) is 9.69 Å². The molecule has 0 saturated heterocycles. The van der Waals surface area contributed by atoms with Crippen molar-refractivity contribution in [3.8, 4) is 5.75 Å². The number of hydrogen-bond acceptors (Lipinski definition) is 4. The number of benzene rings is 1. The summed E-state index contributed by atoms with van der Waals surface area (Å²) in [5.74, 6) is 1.16. The molecule has 1 aromatic rings. The number of carbonyl (C=O) groups excluding carboxylic acids is 1. The summed E-state index contributed by atoms with van der Waals surface area (Å²) in [6.45, 7) is 3.75. The van der Waals surface area contributed by atoms with Gasteiger partial charge in [0.2, 0.25) is 0 Å². The van der Waals surface area contributed by atoms with Gasteiger partial charge >= 0.3 is 0 Å². The average Bonchev–Trinajstić information content (AvgIpc) is 3.27. The third-order valence-corrected chi connectivity index (χ3v) is 4.17. The molecule has 1 saturated carbocycles. The second kappa shape index (κ2) is 5.00. The first kappa shape index (κ1) is 14.4. The maximum absolute atomic E-state index is 12.5. The summed E-state index contributed by atoms with van der Waals surface area (Å²) in [6, 6.07) is 5.90. The van der Waals surface area contributed by atoms with E-state index in [-0.39, 0.29) is 18.7 Å². The van der Waals surface area contributed by atoms with Crippen LogP contribution in [0, 0.1) is 5.92 Å². The molecule has 0 spiro atoms. The Balaban J connectivity index is 2.00. The molecular formula is C16H22N2O3. The molecule has 0 radical (unpaired) electrons. The van der Waals surface area contributed by atoms with Crippen LogP contribution >= 0.6 is 0 Å². The number of carbonyl (C=O) groups is 1. The normalized spacial score (nSPS) is 21.7. The third kappa shape index (κ3) is 2.51. The summed E-state index contributed by atoms with van der Waals surface area (Å²) in [5.41, 5.74) is 7.18. The SMILES string of the molecule is COCN1C(=O)C(C)(C)Oc2ccc(C(N)C3CC3)cc21. The number of hydrogen-bond donors (Lipinski definition) is 1. The second-order valence-corrected chi connectivity index (χ2v) is 6.35. The topological polar surface area (TPSA) is 64.8 Å². The van der Waals surface area contributed by atoms with Gasteiger partial charge in [-0.05, 0) is 50.3 Å². The number of nitrogens with two attached hydrogens (primary N) is 1. The van der Waals surface area contributed by atoms with Crippen LogP contribution in [0.3, 0.4) is 0 Å². The molecule has 1 atom stereocenters. The van der Waals surface area contributed by atoms with Gasteiger partial charge < -0.3 is 15.2 Å². The van der Waals surface area contributed by atoms with Crippen molar-refractivity contribution in [1.29, 1.82) is 0 Å². The zero-order valence-corrected chi connectivity index (χ0v) is 12.8. The molecule has 0 bridgehead atoms. The van der Waals surface area contributed by atoms with Gasteiger partial charge in [0, 0.05) is 13.2 Å². The van der Waals surface area contributed by atoms with E-state index in [9.17, 15) is 4.79 Å². The monoisotopic (exact) mass is 290 g/mol. The minimum Gasteiger partial charge on any atom is -0.476 e. The van der Waals surface area contributed by atoms with Crippen molar-refractivity contribution < 1.29 is 14.3 Å². The smallest absolute Gasteiger partial charge is 0.272 e. The van der Waals surface area contributed by atoms with Crippen LogP contribution in [-0.2, 0) is 9.53 Å². The zero-order valence-electron chi connectivity index (χ0n) is 12.8. The van der Waals surface area contributed by atoms with Crippen molar-refractivity contribution in [1.82, 2.24) is 0 Å². The summed E-state index contributed by atoms with van der Waals surface area (Å²) < 4.78 is 11.0. The Labute approximate surface area is 125 Å². The first-order valence-corrected chi connectivity index (χ1v) is 7.33. The molecule has 0 aromatic heterocycles. The number of ether oxygens (including phenoxy) is 2. The molecule has 1 aliphatic heterocycles. The quantitative estimate of drug-likeness (QED) is 0.923. The van der Waals surface area contributed by atoms with E-state index in [4.69, 9.17) is 15.2 Å². The minimum atomic E-state index is -0.883. The largest absolute Gasteiger partial charge is 0.476 e. The Kier molecular flexibility index (Phi) is 3.42. The van der Waals surface area contributed by atoms with Gasteiger partial charge in [-0.15, -0.1) is 0 Å². The lowest BCUT2D eigenvalue weighted by Crippen LogP contribution is -2.53. The molecule has 1 unspecified atom stereocenters. The van der Waals surface area contributed by atoms with Gasteiger partial charge in [-0.25, -0.2) is 0 Å². The number of amides is 1. The van der Waals surface area contributed by atoms with Gasteiger partial charge in [-0.1, -0.05) is 6.07 Å². The fourth-order valence-electron chi connectivity index (χ4n) is 2.78. The van der Waals surface area contributed by atoms with E-state index in [1.54, 1.807) is 25.9 Å². The van der Waals surface area contributed by atoms with Gasteiger partial charge in [0.25, 0.3) is 5.91 Å². The number of anilines is 1. The molecule has 2 N–H and O–H groups in total. The van der Waals surface area contributed by atoms with Crippen LogP contribution in [0.1, 0.15) is 38.3 Å². The number of fused-ring (bicyclic) bond motifs is 1. The molecule has 1 fully saturated rings. The molecule has 1 aliphatic carbocycles. The Morgan fingerprint density at radius 2 is 2.19 bits per heavy atom. The Morgan fingerprint density at radius 3 is 2.81 bits per heavy atom. The summed E-state index contributed by atoms with van der Waals surface area (Å²) in [6.07, 6.45) is 2.37. The van der Waals surface area contributed by atoms with Crippen LogP contribution in [0.2, 0.25) is 0 Å². The lowest BCUT2D eigenvalue weighted by atomic mass is 9.99. The van der Waals surface area contributed by atoms with E-state index in [1.165, 1.54) is 12.8 Å². The molecule has 1 amide bonds. The van der Waals surface area contributed by atoms with Gasteiger partial charge in [0.15, 0.2) is 5.60 Å². The number of nitrogens with zero attached hydrogens (tertiary/aromatic N) is 1. The summed E-state index contributed by atoms with van der Waals surface area (Å²) in [5, 5.41) is 0. The zero-order chi connectivity index (χ0) is 15.2. The highest BCUT2D eigenvalue weighted by atomic mass is 16.5. The van der Waals surface area contributed by atoms with E-state index in [1.807, 2.05) is 18.2 Å². The van der Waals surface area contributed by atoms with E-state index in [2.05, 4.69) is 0 Å². The highest BCUT2D eigenvalue weighted by Gasteiger charge is 2.41. The predicted octanol–water partition coefficient (Wildman–Crippen LogP) is 2.20.